The maximum atomic E-state index is 12.7. The summed E-state index contributed by atoms with van der Waals surface area (Å²) in [7, 11) is 0. The second-order valence-electron chi connectivity index (χ2n) is 7.28. The SMILES string of the molecule is CCn1cc(NC(=O)c2ccc(COc3ccccc3C)o2)c(C(=O)NCc2ccco2)n1. The lowest BCUT2D eigenvalue weighted by Gasteiger charge is -2.07. The van der Waals surface area contributed by atoms with Crippen LogP contribution in [0.25, 0.3) is 0 Å². The molecule has 0 spiro atoms. The van der Waals surface area contributed by atoms with E-state index in [1.54, 1.807) is 35.1 Å². The number of ether oxygens (including phenoxy) is 1. The first-order valence-corrected chi connectivity index (χ1v) is 10.5. The molecule has 0 saturated carbocycles. The summed E-state index contributed by atoms with van der Waals surface area (Å²) >= 11 is 0. The highest BCUT2D eigenvalue weighted by atomic mass is 16.5. The first-order valence-electron chi connectivity index (χ1n) is 10.5. The number of anilines is 1. The van der Waals surface area contributed by atoms with Crippen LogP contribution in [0.3, 0.4) is 0 Å². The van der Waals surface area contributed by atoms with E-state index < -0.39 is 11.8 Å². The van der Waals surface area contributed by atoms with E-state index in [9.17, 15) is 9.59 Å². The standard InChI is InChI=1S/C24H24N4O5/c1-3-28-14-19(22(27-28)24(30)25-13-17-8-6-12-31-17)26-23(29)21-11-10-18(33-21)15-32-20-9-5-4-7-16(20)2/h4-12,14H,3,13,15H2,1-2H3,(H,25,30)(H,26,29). The Morgan fingerprint density at radius 3 is 2.67 bits per heavy atom. The van der Waals surface area contributed by atoms with Gasteiger partial charge in [-0.05, 0) is 49.7 Å². The lowest BCUT2D eigenvalue weighted by atomic mass is 10.2. The predicted octanol–water partition coefficient (Wildman–Crippen LogP) is 4.16. The molecule has 2 N–H and O–H groups in total. The van der Waals surface area contributed by atoms with Gasteiger partial charge in [-0.2, -0.15) is 5.10 Å². The van der Waals surface area contributed by atoms with Crippen molar-refractivity contribution in [1.29, 1.82) is 0 Å². The van der Waals surface area contributed by atoms with Crippen molar-refractivity contribution in [3.8, 4) is 5.75 Å². The van der Waals surface area contributed by atoms with E-state index in [1.807, 2.05) is 38.1 Å². The monoisotopic (exact) mass is 448 g/mol. The number of furan rings is 2. The minimum Gasteiger partial charge on any atom is -0.485 e. The molecule has 9 heteroatoms. The number of benzene rings is 1. The third-order valence-corrected chi connectivity index (χ3v) is 4.90. The number of carbonyl (C=O) groups excluding carboxylic acids is 2. The van der Waals surface area contributed by atoms with Crippen molar-refractivity contribution >= 4 is 17.5 Å². The van der Waals surface area contributed by atoms with Gasteiger partial charge in [0.25, 0.3) is 11.8 Å². The number of hydrogen-bond acceptors (Lipinski definition) is 6. The molecule has 33 heavy (non-hydrogen) atoms. The van der Waals surface area contributed by atoms with Crippen LogP contribution in [0.5, 0.6) is 5.75 Å². The molecule has 4 aromatic rings. The zero-order chi connectivity index (χ0) is 23.2. The molecule has 0 bridgehead atoms. The minimum atomic E-state index is -0.493. The quantitative estimate of drug-likeness (QED) is 0.398. The molecule has 0 aliphatic rings. The summed E-state index contributed by atoms with van der Waals surface area (Å²) in [6.45, 7) is 4.77. The number of para-hydroxylation sites is 1. The van der Waals surface area contributed by atoms with Gasteiger partial charge in [0.15, 0.2) is 11.5 Å². The lowest BCUT2D eigenvalue weighted by molar-refractivity contribution is 0.0943. The van der Waals surface area contributed by atoms with Gasteiger partial charge in [-0.3, -0.25) is 14.3 Å². The van der Waals surface area contributed by atoms with E-state index in [2.05, 4.69) is 15.7 Å². The topological polar surface area (TPSA) is 112 Å². The summed E-state index contributed by atoms with van der Waals surface area (Å²) in [4.78, 5) is 25.4. The van der Waals surface area contributed by atoms with Crippen LogP contribution in [0.1, 0.15) is 45.1 Å². The summed E-state index contributed by atoms with van der Waals surface area (Å²) in [5.74, 6) is 1.04. The van der Waals surface area contributed by atoms with E-state index in [1.165, 1.54) is 6.26 Å². The molecular formula is C24H24N4O5. The Bertz CT molecular complexity index is 1240. The van der Waals surface area contributed by atoms with Crippen molar-refractivity contribution in [2.24, 2.45) is 0 Å². The van der Waals surface area contributed by atoms with Crippen LogP contribution >= 0.6 is 0 Å². The average Bonchev–Trinajstić information content (AvgIpc) is 3.58. The zero-order valence-corrected chi connectivity index (χ0v) is 18.3. The third-order valence-electron chi connectivity index (χ3n) is 4.90. The fraction of sp³-hybridized carbons (Fsp3) is 0.208. The van der Waals surface area contributed by atoms with Gasteiger partial charge in [0.05, 0.1) is 18.5 Å². The fourth-order valence-corrected chi connectivity index (χ4v) is 3.14. The van der Waals surface area contributed by atoms with Gasteiger partial charge in [0.1, 0.15) is 23.9 Å². The van der Waals surface area contributed by atoms with Gasteiger partial charge < -0.3 is 24.2 Å². The van der Waals surface area contributed by atoms with E-state index >= 15 is 0 Å². The first kappa shape index (κ1) is 21.9. The Labute approximate surface area is 190 Å². The number of rotatable bonds is 9. The minimum absolute atomic E-state index is 0.101. The molecule has 9 nitrogen and oxygen atoms in total. The molecule has 2 amide bonds. The number of aromatic nitrogens is 2. The molecular weight excluding hydrogens is 424 g/mol. The van der Waals surface area contributed by atoms with Crippen molar-refractivity contribution < 1.29 is 23.2 Å². The molecule has 0 fully saturated rings. The van der Waals surface area contributed by atoms with Gasteiger partial charge in [-0.25, -0.2) is 0 Å². The van der Waals surface area contributed by atoms with Crippen LogP contribution in [-0.2, 0) is 19.7 Å². The number of aryl methyl sites for hydroxylation is 2. The Hall–Kier alpha value is -4.27. The highest BCUT2D eigenvalue weighted by molar-refractivity contribution is 6.07. The molecule has 3 heterocycles. The Morgan fingerprint density at radius 2 is 1.91 bits per heavy atom. The highest BCUT2D eigenvalue weighted by Crippen LogP contribution is 2.20. The Kier molecular flexibility index (Phi) is 6.58. The fourth-order valence-electron chi connectivity index (χ4n) is 3.14. The zero-order valence-electron chi connectivity index (χ0n) is 18.3. The van der Waals surface area contributed by atoms with Crippen LogP contribution < -0.4 is 15.4 Å². The number of amides is 2. The second-order valence-corrected chi connectivity index (χ2v) is 7.28. The summed E-state index contributed by atoms with van der Waals surface area (Å²) in [6, 6.07) is 14.4. The summed E-state index contributed by atoms with van der Waals surface area (Å²) in [5.41, 5.74) is 1.40. The summed E-state index contributed by atoms with van der Waals surface area (Å²) in [6.07, 6.45) is 3.13. The molecule has 0 unspecified atom stereocenters. The number of hydrogen-bond donors (Lipinski definition) is 2. The van der Waals surface area contributed by atoms with Crippen molar-refractivity contribution in [2.75, 3.05) is 5.32 Å². The molecule has 1 aromatic carbocycles. The van der Waals surface area contributed by atoms with Crippen molar-refractivity contribution in [1.82, 2.24) is 15.1 Å². The molecule has 0 aliphatic carbocycles. The van der Waals surface area contributed by atoms with Gasteiger partial charge >= 0.3 is 0 Å². The number of nitrogens with zero attached hydrogens (tertiary/aromatic N) is 2. The molecule has 170 valence electrons. The van der Waals surface area contributed by atoms with Gasteiger partial charge in [-0.1, -0.05) is 18.2 Å². The lowest BCUT2D eigenvalue weighted by Crippen LogP contribution is -2.25. The van der Waals surface area contributed by atoms with Gasteiger partial charge in [0.2, 0.25) is 0 Å². The van der Waals surface area contributed by atoms with Crippen LogP contribution in [0, 0.1) is 6.92 Å². The number of carbonyl (C=O) groups is 2. The predicted molar refractivity (Wildman–Crippen MR) is 120 cm³/mol. The van der Waals surface area contributed by atoms with Crippen molar-refractivity contribution in [2.45, 2.75) is 33.5 Å². The Balaban J connectivity index is 1.41. The van der Waals surface area contributed by atoms with Crippen molar-refractivity contribution in [3.63, 3.8) is 0 Å². The van der Waals surface area contributed by atoms with Crippen LogP contribution in [0.4, 0.5) is 5.69 Å². The maximum absolute atomic E-state index is 12.7. The third kappa shape index (κ3) is 5.32. The Morgan fingerprint density at radius 1 is 1.06 bits per heavy atom. The van der Waals surface area contributed by atoms with E-state index in [-0.39, 0.29) is 30.3 Å². The molecule has 0 aliphatic heterocycles. The average molecular weight is 448 g/mol. The molecule has 0 atom stereocenters. The van der Waals surface area contributed by atoms with Gasteiger partial charge in [-0.15, -0.1) is 0 Å². The van der Waals surface area contributed by atoms with E-state index in [0.717, 1.165) is 11.3 Å². The molecule has 4 rings (SSSR count). The normalized spacial score (nSPS) is 10.7. The van der Waals surface area contributed by atoms with E-state index in [4.69, 9.17) is 13.6 Å². The van der Waals surface area contributed by atoms with Crippen LogP contribution in [0.2, 0.25) is 0 Å². The summed E-state index contributed by atoms with van der Waals surface area (Å²) in [5, 5.41) is 9.70. The summed E-state index contributed by atoms with van der Waals surface area (Å²) < 4.78 is 18.2. The smallest absolute Gasteiger partial charge is 0.291 e. The second kappa shape index (κ2) is 9.90. The van der Waals surface area contributed by atoms with Crippen LogP contribution in [0.15, 0.2) is 69.8 Å². The first-order chi connectivity index (χ1) is 16.0. The molecule has 0 saturated heterocycles. The van der Waals surface area contributed by atoms with Gasteiger partial charge in [0, 0.05) is 12.7 Å². The van der Waals surface area contributed by atoms with E-state index in [0.29, 0.717) is 18.1 Å². The van der Waals surface area contributed by atoms with Crippen LogP contribution in [-0.4, -0.2) is 21.6 Å². The van der Waals surface area contributed by atoms with Crippen molar-refractivity contribution in [3.05, 3.63) is 89.5 Å². The molecule has 0 radical (unpaired) electrons. The largest absolute Gasteiger partial charge is 0.485 e. The maximum Gasteiger partial charge on any atom is 0.291 e. The number of nitrogens with one attached hydrogen (secondary N) is 2. The molecule has 3 aromatic heterocycles. The highest BCUT2D eigenvalue weighted by Gasteiger charge is 2.21.